The van der Waals surface area contributed by atoms with Crippen LogP contribution in [0.5, 0.6) is 0 Å². The summed E-state index contributed by atoms with van der Waals surface area (Å²) in [6.45, 7) is 0. The van der Waals surface area contributed by atoms with Crippen LogP contribution in [-0.2, 0) is 16.3 Å². The summed E-state index contributed by atoms with van der Waals surface area (Å²) in [6.07, 6.45) is -4.79. The van der Waals surface area contributed by atoms with Gasteiger partial charge in [-0.05, 0) is 24.3 Å². The number of anilines is 3. The molecule has 170 valence electrons. The molecule has 0 radical (unpaired) electrons. The molecule has 4 N–H and O–H groups in total. The molecule has 3 aromatic rings. The minimum atomic E-state index is -4.97. The topological polar surface area (TPSA) is 127 Å². The lowest BCUT2D eigenvalue weighted by molar-refractivity contribution is -0.137. The molecular weight excluding hydrogens is 485 g/mol. The van der Waals surface area contributed by atoms with Crippen LogP contribution in [0.1, 0.15) is 37.4 Å². The Kier molecular flexibility index (Phi) is 5.23. The van der Waals surface area contributed by atoms with Crippen LogP contribution < -0.4 is 11.1 Å². The number of nitrogen functional groups attached to an aromatic ring is 1. The van der Waals surface area contributed by atoms with Gasteiger partial charge in [-0.1, -0.05) is 35.9 Å². The molecule has 1 aliphatic rings. The Morgan fingerprint density at radius 2 is 1.52 bits per heavy atom. The normalized spacial score (nSPS) is 13.5. The summed E-state index contributed by atoms with van der Waals surface area (Å²) in [6, 6.07) is 9.28. The standard InChI is InChI=1S/C21H12ClF3N2O5S/c22-13-6-5-9(7-12(13)21(23,24)25)27-14-8-15(33(30,31)32)18(26)17-16(14)19(28)10-3-1-2-4-11(10)20(17)29/h1-8,27H,26H2,(H,30,31,32). The summed E-state index contributed by atoms with van der Waals surface area (Å²) in [7, 11) is -4.97. The van der Waals surface area contributed by atoms with E-state index in [0.29, 0.717) is 6.07 Å². The maximum Gasteiger partial charge on any atom is 0.417 e. The van der Waals surface area contributed by atoms with Gasteiger partial charge >= 0.3 is 6.18 Å². The zero-order valence-electron chi connectivity index (χ0n) is 16.2. The first kappa shape index (κ1) is 22.8. The maximum atomic E-state index is 13.3. The van der Waals surface area contributed by atoms with Gasteiger partial charge in [-0.3, -0.25) is 14.1 Å². The van der Waals surface area contributed by atoms with Crippen molar-refractivity contribution < 1.29 is 35.7 Å². The number of benzene rings is 3. The first-order chi connectivity index (χ1) is 15.3. The number of nitrogens with two attached hydrogens (primary N) is 1. The quantitative estimate of drug-likeness (QED) is 0.277. The molecule has 0 heterocycles. The Hall–Kier alpha value is -3.41. The third kappa shape index (κ3) is 3.84. The molecule has 0 spiro atoms. The smallest absolute Gasteiger partial charge is 0.397 e. The van der Waals surface area contributed by atoms with E-state index >= 15 is 0 Å². The second-order valence-electron chi connectivity index (χ2n) is 7.08. The van der Waals surface area contributed by atoms with E-state index in [2.05, 4.69) is 5.32 Å². The fourth-order valence-electron chi connectivity index (χ4n) is 3.58. The molecule has 1 aliphatic carbocycles. The van der Waals surface area contributed by atoms with Crippen LogP contribution in [0.15, 0.2) is 53.4 Å². The second-order valence-corrected chi connectivity index (χ2v) is 8.88. The average molecular weight is 497 g/mol. The van der Waals surface area contributed by atoms with E-state index in [4.69, 9.17) is 17.3 Å². The predicted octanol–water partition coefficient (Wildman–Crippen LogP) is 4.71. The SMILES string of the molecule is Nc1c(S(=O)(=O)O)cc(Nc2ccc(Cl)c(C(F)(F)F)c2)c2c1C(=O)c1ccccc1C2=O. The summed E-state index contributed by atoms with van der Waals surface area (Å²) in [5.74, 6) is -1.49. The van der Waals surface area contributed by atoms with Crippen LogP contribution in [0, 0.1) is 0 Å². The van der Waals surface area contributed by atoms with Crippen molar-refractivity contribution >= 4 is 50.3 Å². The van der Waals surface area contributed by atoms with Crippen molar-refractivity contribution in [1.82, 2.24) is 0 Å². The van der Waals surface area contributed by atoms with Crippen molar-refractivity contribution in [3.05, 3.63) is 81.4 Å². The van der Waals surface area contributed by atoms with E-state index in [1.165, 1.54) is 24.3 Å². The van der Waals surface area contributed by atoms with Gasteiger partial charge in [-0.25, -0.2) is 0 Å². The van der Waals surface area contributed by atoms with Gasteiger partial charge in [0.15, 0.2) is 11.6 Å². The third-order valence-electron chi connectivity index (χ3n) is 5.03. The second kappa shape index (κ2) is 7.58. The minimum absolute atomic E-state index is 0.00384. The molecule has 0 saturated carbocycles. The lowest BCUT2D eigenvalue weighted by Crippen LogP contribution is -2.25. The van der Waals surface area contributed by atoms with Crippen LogP contribution in [0.2, 0.25) is 5.02 Å². The summed E-state index contributed by atoms with van der Waals surface area (Å²) in [5.41, 5.74) is 2.62. The number of carbonyl (C=O) groups excluding carboxylic acids is 2. The van der Waals surface area contributed by atoms with Crippen LogP contribution in [-0.4, -0.2) is 24.5 Å². The molecule has 0 unspecified atom stereocenters. The highest BCUT2D eigenvalue weighted by Crippen LogP contribution is 2.41. The molecule has 0 aliphatic heterocycles. The summed E-state index contributed by atoms with van der Waals surface area (Å²) >= 11 is 5.63. The van der Waals surface area contributed by atoms with E-state index in [1.54, 1.807) is 0 Å². The zero-order chi connectivity index (χ0) is 24.3. The van der Waals surface area contributed by atoms with Crippen LogP contribution in [0.3, 0.4) is 0 Å². The molecule has 7 nitrogen and oxygen atoms in total. The number of hydrogen-bond acceptors (Lipinski definition) is 6. The van der Waals surface area contributed by atoms with Crippen LogP contribution in [0.4, 0.5) is 30.2 Å². The Morgan fingerprint density at radius 3 is 2.06 bits per heavy atom. The van der Waals surface area contributed by atoms with Crippen LogP contribution >= 0.6 is 11.6 Å². The van der Waals surface area contributed by atoms with E-state index in [9.17, 15) is 35.7 Å². The first-order valence-electron chi connectivity index (χ1n) is 9.07. The van der Waals surface area contributed by atoms with Gasteiger partial charge in [-0.2, -0.15) is 21.6 Å². The fraction of sp³-hybridized carbons (Fsp3) is 0.0476. The summed E-state index contributed by atoms with van der Waals surface area (Å²) in [4.78, 5) is 25.4. The predicted molar refractivity (Wildman–Crippen MR) is 114 cm³/mol. The number of rotatable bonds is 3. The Bertz CT molecular complexity index is 1470. The molecule has 3 aromatic carbocycles. The number of halogens is 4. The van der Waals surface area contributed by atoms with Gasteiger partial charge < -0.3 is 11.1 Å². The first-order valence-corrected chi connectivity index (χ1v) is 10.9. The van der Waals surface area contributed by atoms with Gasteiger partial charge in [0.1, 0.15) is 4.90 Å². The van der Waals surface area contributed by atoms with Gasteiger partial charge in [0.2, 0.25) is 0 Å². The van der Waals surface area contributed by atoms with Gasteiger partial charge in [-0.15, -0.1) is 0 Å². The number of carbonyl (C=O) groups is 2. The van der Waals surface area contributed by atoms with E-state index < -0.39 is 54.6 Å². The van der Waals surface area contributed by atoms with Crippen molar-refractivity contribution in [2.75, 3.05) is 11.1 Å². The third-order valence-corrected chi connectivity index (χ3v) is 6.25. The van der Waals surface area contributed by atoms with Crippen molar-refractivity contribution in [2.45, 2.75) is 11.1 Å². The molecule has 12 heteroatoms. The molecule has 0 amide bonds. The van der Waals surface area contributed by atoms with E-state index in [1.807, 2.05) is 0 Å². The van der Waals surface area contributed by atoms with Crippen LogP contribution in [0.25, 0.3) is 0 Å². The number of nitrogens with one attached hydrogen (secondary N) is 1. The van der Waals surface area contributed by atoms with E-state index in [0.717, 1.165) is 18.2 Å². The van der Waals surface area contributed by atoms with Gasteiger partial charge in [0.05, 0.1) is 33.1 Å². The summed E-state index contributed by atoms with van der Waals surface area (Å²) in [5, 5.41) is 1.95. The molecule has 0 fully saturated rings. The number of fused-ring (bicyclic) bond motifs is 2. The molecule has 33 heavy (non-hydrogen) atoms. The highest BCUT2D eigenvalue weighted by molar-refractivity contribution is 7.86. The Labute approximate surface area is 189 Å². The van der Waals surface area contributed by atoms with Crippen molar-refractivity contribution in [2.24, 2.45) is 0 Å². The van der Waals surface area contributed by atoms with Gasteiger partial charge in [0, 0.05) is 16.8 Å². The number of alkyl halides is 3. The fourth-order valence-corrected chi connectivity index (χ4v) is 4.45. The Balaban J connectivity index is 1.99. The largest absolute Gasteiger partial charge is 0.417 e. The molecule has 0 atom stereocenters. The molecule has 0 aromatic heterocycles. The molecular formula is C21H12ClF3N2O5S. The van der Waals surface area contributed by atoms with Crippen molar-refractivity contribution in [3.63, 3.8) is 0 Å². The number of ketones is 2. The molecule has 0 bridgehead atoms. The average Bonchev–Trinajstić information content (AvgIpc) is 2.72. The number of hydrogen-bond donors (Lipinski definition) is 3. The van der Waals surface area contributed by atoms with Crippen molar-refractivity contribution in [1.29, 1.82) is 0 Å². The monoisotopic (exact) mass is 496 g/mol. The Morgan fingerprint density at radius 1 is 0.939 bits per heavy atom. The van der Waals surface area contributed by atoms with Gasteiger partial charge in [0.25, 0.3) is 10.1 Å². The lowest BCUT2D eigenvalue weighted by atomic mass is 9.82. The van der Waals surface area contributed by atoms with Crippen molar-refractivity contribution in [3.8, 4) is 0 Å². The highest BCUT2D eigenvalue weighted by Gasteiger charge is 2.37. The maximum absolute atomic E-state index is 13.3. The van der Waals surface area contributed by atoms with E-state index in [-0.39, 0.29) is 28.1 Å². The zero-order valence-corrected chi connectivity index (χ0v) is 17.8. The molecule has 0 saturated heterocycles. The lowest BCUT2D eigenvalue weighted by Gasteiger charge is -2.24. The highest BCUT2D eigenvalue weighted by atomic mass is 35.5. The minimum Gasteiger partial charge on any atom is -0.397 e. The summed E-state index contributed by atoms with van der Waals surface area (Å²) < 4.78 is 73.1. The molecule has 4 rings (SSSR count).